The van der Waals surface area contributed by atoms with Crippen LogP contribution in [0.15, 0.2) is 36.4 Å². The number of carbonyl (C=O) groups is 1. The van der Waals surface area contributed by atoms with Crippen LogP contribution in [0.25, 0.3) is 5.69 Å². The summed E-state index contributed by atoms with van der Waals surface area (Å²) in [6.07, 6.45) is 3.65. The first-order chi connectivity index (χ1) is 12.6. The van der Waals surface area contributed by atoms with Crippen LogP contribution in [0.3, 0.4) is 0 Å². The SMILES string of the molecule is C[C@H]1C[C@H](C)CN(CC(=O)Nc2cc(C3CC3)nn2-c2ccccc2)C1. The molecule has 1 aliphatic heterocycles. The van der Waals surface area contributed by atoms with Crippen molar-refractivity contribution in [1.29, 1.82) is 0 Å². The lowest BCUT2D eigenvalue weighted by Gasteiger charge is -2.34. The first kappa shape index (κ1) is 17.3. The van der Waals surface area contributed by atoms with E-state index < -0.39 is 0 Å². The van der Waals surface area contributed by atoms with E-state index in [0.717, 1.165) is 30.3 Å². The zero-order valence-electron chi connectivity index (χ0n) is 15.7. The van der Waals surface area contributed by atoms with Crippen molar-refractivity contribution in [3.05, 3.63) is 42.1 Å². The Hall–Kier alpha value is -2.14. The summed E-state index contributed by atoms with van der Waals surface area (Å²) >= 11 is 0. The number of nitrogens with one attached hydrogen (secondary N) is 1. The molecule has 1 amide bonds. The summed E-state index contributed by atoms with van der Waals surface area (Å²) in [6, 6.07) is 12.1. The van der Waals surface area contributed by atoms with Crippen molar-refractivity contribution < 1.29 is 4.79 Å². The predicted octanol–water partition coefficient (Wildman–Crippen LogP) is 3.67. The first-order valence-corrected chi connectivity index (χ1v) is 9.76. The minimum Gasteiger partial charge on any atom is -0.309 e. The normalized spacial score (nSPS) is 23.8. The molecule has 1 aliphatic carbocycles. The molecule has 2 heterocycles. The number of anilines is 1. The molecule has 0 unspecified atom stereocenters. The van der Waals surface area contributed by atoms with Crippen LogP contribution < -0.4 is 5.32 Å². The van der Waals surface area contributed by atoms with Crippen LogP contribution in [0.2, 0.25) is 0 Å². The van der Waals surface area contributed by atoms with E-state index in [2.05, 4.69) is 24.1 Å². The van der Waals surface area contributed by atoms with E-state index >= 15 is 0 Å². The lowest BCUT2D eigenvalue weighted by molar-refractivity contribution is -0.117. The molecule has 5 heteroatoms. The summed E-state index contributed by atoms with van der Waals surface area (Å²) < 4.78 is 1.87. The predicted molar refractivity (Wildman–Crippen MR) is 104 cm³/mol. The fourth-order valence-corrected chi connectivity index (χ4v) is 4.14. The smallest absolute Gasteiger partial charge is 0.239 e. The van der Waals surface area contributed by atoms with Gasteiger partial charge in [-0.2, -0.15) is 5.10 Å². The Bertz CT molecular complexity index is 756. The van der Waals surface area contributed by atoms with Gasteiger partial charge in [0.05, 0.1) is 17.9 Å². The molecule has 1 saturated heterocycles. The molecule has 2 fully saturated rings. The number of nitrogens with zero attached hydrogens (tertiary/aromatic N) is 3. The number of piperidine rings is 1. The molecule has 2 aliphatic rings. The number of para-hydroxylation sites is 1. The zero-order valence-corrected chi connectivity index (χ0v) is 15.7. The van der Waals surface area contributed by atoms with Gasteiger partial charge >= 0.3 is 0 Å². The van der Waals surface area contributed by atoms with E-state index in [1.165, 1.54) is 19.3 Å². The summed E-state index contributed by atoms with van der Waals surface area (Å²) in [5.74, 6) is 2.69. The number of carbonyl (C=O) groups excluding carboxylic acids is 1. The Kier molecular flexibility index (Phi) is 4.81. The highest BCUT2D eigenvalue weighted by molar-refractivity contribution is 5.91. The van der Waals surface area contributed by atoms with Gasteiger partial charge in [0.1, 0.15) is 5.82 Å². The highest BCUT2D eigenvalue weighted by Gasteiger charge is 2.28. The van der Waals surface area contributed by atoms with Crippen LogP contribution >= 0.6 is 0 Å². The third kappa shape index (κ3) is 3.98. The molecule has 138 valence electrons. The Morgan fingerprint density at radius 3 is 2.50 bits per heavy atom. The Balaban J connectivity index is 1.49. The Morgan fingerprint density at radius 1 is 1.15 bits per heavy atom. The molecule has 0 radical (unpaired) electrons. The van der Waals surface area contributed by atoms with Gasteiger partial charge in [0, 0.05) is 25.1 Å². The molecular formula is C21H28N4O. The summed E-state index contributed by atoms with van der Waals surface area (Å²) in [7, 11) is 0. The molecule has 1 saturated carbocycles. The number of likely N-dealkylation sites (tertiary alicyclic amines) is 1. The molecule has 5 nitrogen and oxygen atoms in total. The average molecular weight is 352 g/mol. The minimum atomic E-state index is 0.0470. The van der Waals surface area contributed by atoms with Crippen LogP contribution in [-0.4, -0.2) is 40.2 Å². The van der Waals surface area contributed by atoms with Crippen LogP contribution in [0, 0.1) is 11.8 Å². The molecule has 1 aromatic heterocycles. The summed E-state index contributed by atoms with van der Waals surface area (Å²) in [6.45, 7) is 7.00. The molecule has 1 N–H and O–H groups in total. The average Bonchev–Trinajstić information content (AvgIpc) is 3.36. The van der Waals surface area contributed by atoms with Gasteiger partial charge in [-0.05, 0) is 43.2 Å². The van der Waals surface area contributed by atoms with Gasteiger partial charge in [-0.25, -0.2) is 4.68 Å². The topological polar surface area (TPSA) is 50.2 Å². The number of hydrogen-bond donors (Lipinski definition) is 1. The van der Waals surface area contributed by atoms with E-state index in [0.29, 0.717) is 24.3 Å². The second-order valence-corrected chi connectivity index (χ2v) is 8.16. The third-order valence-electron chi connectivity index (χ3n) is 5.30. The van der Waals surface area contributed by atoms with Crippen molar-refractivity contribution in [2.75, 3.05) is 25.0 Å². The molecular weight excluding hydrogens is 324 g/mol. The quantitative estimate of drug-likeness (QED) is 0.893. The second kappa shape index (κ2) is 7.23. The van der Waals surface area contributed by atoms with E-state index in [-0.39, 0.29) is 5.91 Å². The van der Waals surface area contributed by atoms with E-state index in [1.54, 1.807) is 0 Å². The first-order valence-electron chi connectivity index (χ1n) is 9.76. The van der Waals surface area contributed by atoms with Crippen LogP contribution in [0.4, 0.5) is 5.82 Å². The summed E-state index contributed by atoms with van der Waals surface area (Å²) in [4.78, 5) is 15.0. The van der Waals surface area contributed by atoms with Gasteiger partial charge in [0.2, 0.25) is 5.91 Å². The van der Waals surface area contributed by atoms with Crippen molar-refractivity contribution in [3.63, 3.8) is 0 Å². The van der Waals surface area contributed by atoms with E-state index in [4.69, 9.17) is 5.10 Å². The number of aromatic nitrogens is 2. The van der Waals surface area contributed by atoms with Gasteiger partial charge in [-0.3, -0.25) is 9.69 Å². The molecule has 2 atom stereocenters. The molecule has 26 heavy (non-hydrogen) atoms. The maximum absolute atomic E-state index is 12.7. The van der Waals surface area contributed by atoms with Crippen LogP contribution in [0.1, 0.15) is 44.7 Å². The van der Waals surface area contributed by atoms with Gasteiger partial charge < -0.3 is 5.32 Å². The fraction of sp³-hybridized carbons (Fsp3) is 0.524. The third-order valence-corrected chi connectivity index (χ3v) is 5.30. The van der Waals surface area contributed by atoms with Gasteiger partial charge in [0.15, 0.2) is 0 Å². The van der Waals surface area contributed by atoms with Crippen LogP contribution in [-0.2, 0) is 4.79 Å². The maximum atomic E-state index is 12.7. The van der Waals surface area contributed by atoms with Crippen molar-refractivity contribution in [2.45, 2.75) is 39.0 Å². The Morgan fingerprint density at radius 2 is 1.85 bits per heavy atom. The minimum absolute atomic E-state index is 0.0470. The molecule has 0 bridgehead atoms. The van der Waals surface area contributed by atoms with E-state index in [9.17, 15) is 4.79 Å². The Labute approximate surface area is 155 Å². The molecule has 4 rings (SSSR count). The second-order valence-electron chi connectivity index (χ2n) is 8.16. The molecule has 2 aromatic rings. The number of amides is 1. The van der Waals surface area contributed by atoms with Crippen molar-refractivity contribution >= 4 is 11.7 Å². The molecule has 0 spiro atoms. The summed E-state index contributed by atoms with van der Waals surface area (Å²) in [5, 5.41) is 7.86. The van der Waals surface area contributed by atoms with E-state index in [1.807, 2.05) is 41.1 Å². The monoisotopic (exact) mass is 352 g/mol. The standard InChI is InChI=1S/C21H28N4O/c1-15-10-16(2)13-24(12-15)14-21(26)22-20-11-19(17-8-9-17)23-25(20)18-6-4-3-5-7-18/h3-7,11,15-17H,8-10,12-14H2,1-2H3,(H,22,26)/t15-,16-/m0/s1. The highest BCUT2D eigenvalue weighted by Crippen LogP contribution is 2.40. The lowest BCUT2D eigenvalue weighted by atomic mass is 9.92. The molecule has 1 aromatic carbocycles. The summed E-state index contributed by atoms with van der Waals surface area (Å²) in [5.41, 5.74) is 2.07. The van der Waals surface area contributed by atoms with Gasteiger partial charge in [-0.1, -0.05) is 32.0 Å². The fourth-order valence-electron chi connectivity index (χ4n) is 4.14. The van der Waals surface area contributed by atoms with Crippen molar-refractivity contribution in [2.24, 2.45) is 11.8 Å². The van der Waals surface area contributed by atoms with Crippen molar-refractivity contribution in [1.82, 2.24) is 14.7 Å². The maximum Gasteiger partial charge on any atom is 0.239 e. The van der Waals surface area contributed by atoms with Crippen LogP contribution in [0.5, 0.6) is 0 Å². The van der Waals surface area contributed by atoms with Gasteiger partial charge in [-0.15, -0.1) is 0 Å². The highest BCUT2D eigenvalue weighted by atomic mass is 16.2. The van der Waals surface area contributed by atoms with Gasteiger partial charge in [0.25, 0.3) is 0 Å². The number of rotatable bonds is 5. The lowest BCUT2D eigenvalue weighted by Crippen LogP contribution is -2.43. The van der Waals surface area contributed by atoms with Crippen molar-refractivity contribution in [3.8, 4) is 5.69 Å². The number of hydrogen-bond acceptors (Lipinski definition) is 3. The largest absolute Gasteiger partial charge is 0.309 e. The zero-order chi connectivity index (χ0) is 18.1. The number of benzene rings is 1.